The summed E-state index contributed by atoms with van der Waals surface area (Å²) < 4.78 is 79.7. The average molecular weight is 646 g/mol. The molecule has 0 spiro atoms. The third kappa shape index (κ3) is 5.62. The van der Waals surface area contributed by atoms with E-state index in [2.05, 4.69) is 34.2 Å². The summed E-state index contributed by atoms with van der Waals surface area (Å²) in [6.07, 6.45) is -0.369. The molecule has 14 heteroatoms. The highest BCUT2D eigenvalue weighted by Crippen LogP contribution is 2.48. The molecule has 3 aliphatic rings. The average Bonchev–Trinajstić information content (AvgIpc) is 3.67. The van der Waals surface area contributed by atoms with Crippen molar-refractivity contribution in [3.05, 3.63) is 41.0 Å². The Labute approximate surface area is 260 Å². The van der Waals surface area contributed by atoms with Crippen LogP contribution in [0, 0.1) is 23.0 Å². The number of fused-ring (bicyclic) bond motifs is 4. The van der Waals surface area contributed by atoms with E-state index < -0.39 is 28.9 Å². The monoisotopic (exact) mass is 645 g/mol. The van der Waals surface area contributed by atoms with Gasteiger partial charge in [0.2, 0.25) is 0 Å². The van der Waals surface area contributed by atoms with Crippen molar-refractivity contribution in [3.8, 4) is 23.2 Å². The van der Waals surface area contributed by atoms with Crippen LogP contribution in [0.3, 0.4) is 0 Å². The van der Waals surface area contributed by atoms with Crippen molar-refractivity contribution in [1.82, 2.24) is 20.2 Å². The Morgan fingerprint density at radius 3 is 2.40 bits per heavy atom. The summed E-state index contributed by atoms with van der Waals surface area (Å²) in [5.41, 5.74) is 2.82. The van der Waals surface area contributed by atoms with Gasteiger partial charge in [-0.1, -0.05) is 6.07 Å². The maximum absolute atomic E-state index is 16.4. The smallest absolute Gasteiger partial charge is 0.417 e. The molecule has 0 aliphatic carbocycles. The van der Waals surface area contributed by atoms with Gasteiger partial charge in [-0.3, -0.25) is 0 Å². The Balaban J connectivity index is 0.000000452. The fourth-order valence-corrected chi connectivity index (χ4v) is 7.51. The summed E-state index contributed by atoms with van der Waals surface area (Å²) in [7, 11) is 3.48. The van der Waals surface area contributed by atoms with E-state index in [0.717, 1.165) is 37.1 Å². The SMILES string of the molecule is CC1CCCN1C.COc1nc(N2CC3CCC(C2)N3)c2cc(C(F)(F)F)c(-c3ccc(F)c4sc(N)c(C#N)c34)c(F)c2n1. The number of methoxy groups -OCH3 is 1. The molecular weight excluding hydrogens is 613 g/mol. The number of nitrogens with two attached hydrogens (primary N) is 1. The lowest BCUT2D eigenvalue weighted by Gasteiger charge is -2.34. The molecule has 3 aliphatic heterocycles. The van der Waals surface area contributed by atoms with E-state index in [1.807, 2.05) is 11.0 Å². The molecule has 3 saturated heterocycles. The van der Waals surface area contributed by atoms with E-state index in [9.17, 15) is 22.8 Å². The molecular formula is C31H32F5N7OS. The van der Waals surface area contributed by atoms with Crippen molar-refractivity contribution in [2.24, 2.45) is 0 Å². The molecule has 2 aromatic heterocycles. The minimum atomic E-state index is -5.00. The van der Waals surface area contributed by atoms with Crippen LogP contribution in [0.1, 0.15) is 43.7 Å². The lowest BCUT2D eigenvalue weighted by atomic mass is 9.92. The first-order chi connectivity index (χ1) is 21.4. The van der Waals surface area contributed by atoms with E-state index >= 15 is 4.39 Å². The van der Waals surface area contributed by atoms with Gasteiger partial charge in [-0.15, -0.1) is 11.3 Å². The van der Waals surface area contributed by atoms with Crippen molar-refractivity contribution in [3.63, 3.8) is 0 Å². The van der Waals surface area contributed by atoms with Gasteiger partial charge in [0.25, 0.3) is 0 Å². The number of nitrogen functional groups attached to an aromatic ring is 1. The summed E-state index contributed by atoms with van der Waals surface area (Å²) in [6, 6.07) is 5.51. The normalized spacial score (nSPS) is 21.7. The number of thiophene rings is 1. The Hall–Kier alpha value is -3.80. The second-order valence-electron chi connectivity index (χ2n) is 11.8. The van der Waals surface area contributed by atoms with Gasteiger partial charge in [-0.05, 0) is 63.9 Å². The minimum Gasteiger partial charge on any atom is -0.467 e. The van der Waals surface area contributed by atoms with E-state index in [-0.39, 0.29) is 61.0 Å². The Morgan fingerprint density at radius 1 is 1.13 bits per heavy atom. The van der Waals surface area contributed by atoms with Crippen molar-refractivity contribution < 1.29 is 26.7 Å². The Kier molecular flexibility index (Phi) is 8.21. The van der Waals surface area contributed by atoms with Crippen LogP contribution in [0.2, 0.25) is 0 Å². The maximum Gasteiger partial charge on any atom is 0.417 e. The summed E-state index contributed by atoms with van der Waals surface area (Å²) in [5.74, 6) is -1.92. The highest BCUT2D eigenvalue weighted by molar-refractivity contribution is 7.23. The predicted molar refractivity (Wildman–Crippen MR) is 164 cm³/mol. The van der Waals surface area contributed by atoms with Crippen molar-refractivity contribution in [2.75, 3.05) is 44.4 Å². The molecule has 3 atom stereocenters. The largest absolute Gasteiger partial charge is 0.467 e. The molecule has 8 nitrogen and oxygen atoms in total. The lowest BCUT2D eigenvalue weighted by Crippen LogP contribution is -2.51. The molecule has 0 saturated carbocycles. The third-order valence-electron chi connectivity index (χ3n) is 8.98. The number of anilines is 2. The van der Waals surface area contributed by atoms with Gasteiger partial charge in [0.1, 0.15) is 28.2 Å². The first-order valence-electron chi connectivity index (χ1n) is 14.7. The molecule has 3 N–H and O–H groups in total. The number of rotatable bonds is 3. The molecule has 3 unspecified atom stereocenters. The number of benzene rings is 2. The Morgan fingerprint density at radius 2 is 1.84 bits per heavy atom. The number of nitrogens with zero attached hydrogens (tertiary/aromatic N) is 5. The molecule has 4 aromatic rings. The van der Waals surface area contributed by atoms with Crippen LogP contribution >= 0.6 is 11.3 Å². The first-order valence-corrected chi connectivity index (χ1v) is 15.5. The topological polar surface area (TPSA) is 103 Å². The number of halogens is 5. The fraction of sp³-hybridized carbons (Fsp3) is 0.452. The molecule has 5 heterocycles. The quantitative estimate of drug-likeness (QED) is 0.250. The van der Waals surface area contributed by atoms with Gasteiger partial charge in [-0.2, -0.15) is 28.4 Å². The highest BCUT2D eigenvalue weighted by Gasteiger charge is 2.39. The number of likely N-dealkylation sites (tertiary alicyclic amines) is 1. The summed E-state index contributed by atoms with van der Waals surface area (Å²) in [6.45, 7) is 4.55. The van der Waals surface area contributed by atoms with Gasteiger partial charge in [0.05, 0.1) is 22.9 Å². The zero-order chi connectivity index (χ0) is 32.2. The maximum atomic E-state index is 16.4. The molecule has 3 fully saturated rings. The van der Waals surface area contributed by atoms with Gasteiger partial charge in [-0.25, -0.2) is 8.78 Å². The molecule has 2 aromatic carbocycles. The van der Waals surface area contributed by atoms with Crippen LogP contribution in [0.15, 0.2) is 18.2 Å². The predicted octanol–water partition coefficient (Wildman–Crippen LogP) is 6.31. The number of ether oxygens (including phenoxy) is 1. The van der Waals surface area contributed by atoms with Gasteiger partial charge in [0, 0.05) is 47.6 Å². The fourth-order valence-electron chi connectivity index (χ4n) is 6.57. The summed E-state index contributed by atoms with van der Waals surface area (Å²) >= 11 is 0.714. The van der Waals surface area contributed by atoms with E-state index in [4.69, 9.17) is 10.5 Å². The molecule has 0 amide bonds. The van der Waals surface area contributed by atoms with Crippen LogP contribution in [0.5, 0.6) is 6.01 Å². The Bertz CT molecular complexity index is 1800. The minimum absolute atomic E-state index is 0.0803. The van der Waals surface area contributed by atoms with E-state index in [0.29, 0.717) is 24.4 Å². The van der Waals surface area contributed by atoms with Gasteiger partial charge < -0.3 is 25.6 Å². The summed E-state index contributed by atoms with van der Waals surface area (Å²) in [4.78, 5) is 12.6. The molecule has 238 valence electrons. The zero-order valence-electron chi connectivity index (χ0n) is 24.9. The van der Waals surface area contributed by atoms with Crippen LogP contribution in [-0.2, 0) is 6.18 Å². The molecule has 45 heavy (non-hydrogen) atoms. The van der Waals surface area contributed by atoms with Crippen LogP contribution in [0.25, 0.3) is 32.1 Å². The van der Waals surface area contributed by atoms with Gasteiger partial charge in [0.15, 0.2) is 5.82 Å². The van der Waals surface area contributed by atoms with E-state index in [1.54, 1.807) is 0 Å². The lowest BCUT2D eigenvalue weighted by molar-refractivity contribution is -0.137. The number of hydrogen-bond donors (Lipinski definition) is 2. The van der Waals surface area contributed by atoms with Crippen molar-refractivity contribution in [1.29, 1.82) is 5.26 Å². The molecule has 0 radical (unpaired) electrons. The number of piperazine rings is 1. The first kappa shape index (κ1) is 31.2. The van der Waals surface area contributed by atoms with Crippen LogP contribution in [-0.4, -0.2) is 66.8 Å². The van der Waals surface area contributed by atoms with Crippen LogP contribution in [0.4, 0.5) is 32.8 Å². The molecule has 2 bridgehead atoms. The summed E-state index contributed by atoms with van der Waals surface area (Å²) in [5, 5.41) is 12.7. The molecule has 7 rings (SSSR count). The van der Waals surface area contributed by atoms with Crippen molar-refractivity contribution in [2.45, 2.75) is 56.9 Å². The van der Waals surface area contributed by atoms with E-state index in [1.165, 1.54) is 26.5 Å². The number of hydrogen-bond acceptors (Lipinski definition) is 9. The second kappa shape index (κ2) is 11.9. The van der Waals surface area contributed by atoms with Crippen LogP contribution < -0.4 is 20.7 Å². The second-order valence-corrected chi connectivity index (χ2v) is 12.9. The zero-order valence-corrected chi connectivity index (χ0v) is 25.8. The van der Waals surface area contributed by atoms with Crippen molar-refractivity contribution >= 4 is 43.1 Å². The third-order valence-corrected chi connectivity index (χ3v) is 10.0. The number of alkyl halides is 3. The van der Waals surface area contributed by atoms with Gasteiger partial charge >= 0.3 is 12.2 Å². The standard InChI is InChI=1S/C25H19F5N6OS.C6H13N/c1-37-24-34-20-13(23(35-24)36-8-10-2-3-11(9-36)33-10)6-15(25(28,29)30)18(19(20)27)12-4-5-16(26)21-17(12)14(7-31)22(32)38-21;1-6-4-3-5-7(6)2/h4-6,10-11,33H,2-3,8-9,32H2,1H3;6H,3-5H2,1-2H3. The number of aromatic nitrogens is 2. The number of nitrogens with one attached hydrogen (secondary N) is 1. The number of nitriles is 1. The highest BCUT2D eigenvalue weighted by atomic mass is 32.1.